The molecular weight excluding hydrogens is 436 g/mol. The molecule has 8 nitrogen and oxygen atoms in total. The van der Waals surface area contributed by atoms with Gasteiger partial charge in [0.1, 0.15) is 5.75 Å². The van der Waals surface area contributed by atoms with Crippen molar-refractivity contribution in [3.63, 3.8) is 0 Å². The second kappa shape index (κ2) is 11.1. The molecule has 0 aliphatic heterocycles. The van der Waals surface area contributed by atoms with Crippen LogP contribution in [0.15, 0.2) is 78.9 Å². The maximum absolute atomic E-state index is 12.9. The van der Waals surface area contributed by atoms with Crippen molar-refractivity contribution in [2.24, 2.45) is 0 Å². The number of aryl methyl sites for hydroxylation is 1. The molecule has 0 saturated heterocycles. The molecule has 8 heteroatoms. The van der Waals surface area contributed by atoms with E-state index in [4.69, 9.17) is 9.47 Å². The summed E-state index contributed by atoms with van der Waals surface area (Å²) in [4.78, 5) is 37.3. The van der Waals surface area contributed by atoms with Gasteiger partial charge in [0.15, 0.2) is 6.61 Å². The summed E-state index contributed by atoms with van der Waals surface area (Å²) in [6.45, 7) is 0.869. The summed E-state index contributed by atoms with van der Waals surface area (Å²) in [7, 11) is 1.49. The molecule has 176 valence electrons. The van der Waals surface area contributed by atoms with Crippen LogP contribution in [0.3, 0.4) is 0 Å². The van der Waals surface area contributed by atoms with Crippen molar-refractivity contribution in [1.82, 2.24) is 5.32 Å². The van der Waals surface area contributed by atoms with E-state index in [1.807, 2.05) is 13.0 Å². The number of carbonyl (C=O) groups excluding carboxylic acids is 3. The Morgan fingerprint density at radius 3 is 2.03 bits per heavy atom. The van der Waals surface area contributed by atoms with Crippen LogP contribution >= 0.6 is 0 Å². The van der Waals surface area contributed by atoms with Crippen molar-refractivity contribution < 1.29 is 29.0 Å². The first kappa shape index (κ1) is 24.5. The molecule has 0 unspecified atom stereocenters. The Morgan fingerprint density at radius 1 is 0.882 bits per heavy atom. The minimum absolute atomic E-state index is 0.304. The van der Waals surface area contributed by atoms with E-state index in [1.54, 1.807) is 72.8 Å². The fourth-order valence-corrected chi connectivity index (χ4v) is 3.34. The van der Waals surface area contributed by atoms with Gasteiger partial charge < -0.3 is 25.2 Å². The van der Waals surface area contributed by atoms with Gasteiger partial charge in [-0.15, -0.1) is 0 Å². The molecule has 0 spiro atoms. The molecule has 0 radical (unpaired) electrons. The lowest BCUT2D eigenvalue weighted by Gasteiger charge is -2.26. The van der Waals surface area contributed by atoms with E-state index in [0.717, 1.165) is 5.56 Å². The Hall–Kier alpha value is -4.17. The number of aliphatic hydroxyl groups is 1. The van der Waals surface area contributed by atoms with Gasteiger partial charge in [-0.3, -0.25) is 9.59 Å². The van der Waals surface area contributed by atoms with Crippen molar-refractivity contribution in [2.75, 3.05) is 25.6 Å². The third-order valence-electron chi connectivity index (χ3n) is 5.09. The number of hydrogen-bond donors (Lipinski definition) is 3. The Balaban J connectivity index is 1.60. The number of benzene rings is 3. The molecule has 0 aliphatic rings. The predicted octanol–water partition coefficient (Wildman–Crippen LogP) is 2.54. The number of rotatable bonds is 9. The van der Waals surface area contributed by atoms with Crippen LogP contribution < -0.4 is 15.4 Å². The van der Waals surface area contributed by atoms with Gasteiger partial charge in [0, 0.05) is 0 Å². The number of ether oxygens (including phenoxy) is 2. The lowest BCUT2D eigenvalue weighted by atomic mass is 9.86. The van der Waals surface area contributed by atoms with Crippen LogP contribution in [0.5, 0.6) is 5.75 Å². The second-order valence-electron chi connectivity index (χ2n) is 7.55. The summed E-state index contributed by atoms with van der Waals surface area (Å²) in [5.41, 5.74) is -0.0847. The third kappa shape index (κ3) is 5.79. The molecule has 0 saturated carbocycles. The van der Waals surface area contributed by atoms with Crippen LogP contribution in [0.25, 0.3) is 0 Å². The molecule has 0 aliphatic carbocycles. The summed E-state index contributed by atoms with van der Waals surface area (Å²) < 4.78 is 10.3. The lowest BCUT2D eigenvalue weighted by Crippen LogP contribution is -2.41. The van der Waals surface area contributed by atoms with E-state index in [1.165, 1.54) is 7.11 Å². The van der Waals surface area contributed by atoms with Crippen molar-refractivity contribution in [2.45, 2.75) is 12.5 Å². The number of carbonyl (C=O) groups is 3. The Labute approximate surface area is 197 Å². The lowest BCUT2D eigenvalue weighted by molar-refractivity contribution is -0.164. The van der Waals surface area contributed by atoms with Crippen molar-refractivity contribution >= 4 is 23.5 Å². The number of esters is 1. The predicted molar refractivity (Wildman–Crippen MR) is 126 cm³/mol. The van der Waals surface area contributed by atoms with Gasteiger partial charge in [0.25, 0.3) is 5.91 Å². The first-order chi connectivity index (χ1) is 16.3. The minimum atomic E-state index is -2.10. The van der Waals surface area contributed by atoms with E-state index in [2.05, 4.69) is 10.6 Å². The smallest absolute Gasteiger partial charge is 0.348 e. The number of amides is 2. The highest BCUT2D eigenvalue weighted by molar-refractivity contribution is 5.96. The Bertz CT molecular complexity index is 1110. The SMILES string of the molecule is COc1ccc(C)cc1NC(=O)CNC(=O)COC(=O)C(O)(c1ccccc1)c1ccccc1. The van der Waals surface area contributed by atoms with Crippen molar-refractivity contribution in [1.29, 1.82) is 0 Å². The Morgan fingerprint density at radius 2 is 1.47 bits per heavy atom. The van der Waals surface area contributed by atoms with Gasteiger partial charge in [-0.05, 0) is 35.7 Å². The molecule has 0 aromatic heterocycles. The maximum Gasteiger partial charge on any atom is 0.348 e. The molecule has 0 bridgehead atoms. The molecule has 3 rings (SSSR count). The van der Waals surface area contributed by atoms with E-state index in [-0.39, 0.29) is 6.54 Å². The summed E-state index contributed by atoms with van der Waals surface area (Å²) in [6.07, 6.45) is 0. The number of nitrogens with one attached hydrogen (secondary N) is 2. The number of anilines is 1. The van der Waals surface area contributed by atoms with Crippen LogP contribution in [0.4, 0.5) is 5.69 Å². The highest BCUT2D eigenvalue weighted by atomic mass is 16.6. The monoisotopic (exact) mass is 462 g/mol. The Kier molecular flexibility index (Phi) is 8.00. The van der Waals surface area contributed by atoms with Crippen LogP contribution in [-0.4, -0.2) is 43.2 Å². The molecular formula is C26H26N2O6. The normalized spacial score (nSPS) is 10.8. The van der Waals surface area contributed by atoms with E-state index in [0.29, 0.717) is 22.6 Å². The molecule has 2 amide bonds. The van der Waals surface area contributed by atoms with Crippen molar-refractivity contribution in [3.05, 3.63) is 95.6 Å². The molecule has 3 aromatic rings. The standard InChI is InChI=1S/C26H26N2O6/c1-18-13-14-22(33-2)21(15-18)28-23(29)16-27-24(30)17-34-25(31)26(32,19-9-5-3-6-10-19)20-11-7-4-8-12-20/h3-15,32H,16-17H2,1-2H3,(H,27,30)(H,28,29). The first-order valence-electron chi connectivity index (χ1n) is 10.6. The largest absolute Gasteiger partial charge is 0.495 e. The quantitative estimate of drug-likeness (QED) is 0.421. The van der Waals surface area contributed by atoms with E-state index >= 15 is 0 Å². The molecule has 0 fully saturated rings. The zero-order chi connectivity index (χ0) is 24.6. The minimum Gasteiger partial charge on any atom is -0.495 e. The number of hydrogen-bond acceptors (Lipinski definition) is 6. The zero-order valence-electron chi connectivity index (χ0n) is 18.9. The zero-order valence-corrected chi connectivity index (χ0v) is 18.9. The van der Waals surface area contributed by atoms with Crippen molar-refractivity contribution in [3.8, 4) is 5.75 Å². The fraction of sp³-hybridized carbons (Fsp3) is 0.192. The molecule has 34 heavy (non-hydrogen) atoms. The highest BCUT2D eigenvalue weighted by Gasteiger charge is 2.41. The van der Waals surface area contributed by atoms with Gasteiger partial charge in [0.05, 0.1) is 19.3 Å². The highest BCUT2D eigenvalue weighted by Crippen LogP contribution is 2.31. The maximum atomic E-state index is 12.9. The van der Waals surface area contributed by atoms with Crippen LogP contribution in [0, 0.1) is 6.92 Å². The molecule has 3 aromatic carbocycles. The van der Waals surface area contributed by atoms with Crippen LogP contribution in [0.2, 0.25) is 0 Å². The molecule has 0 atom stereocenters. The summed E-state index contributed by atoms with van der Waals surface area (Å²) in [6, 6.07) is 21.9. The van der Waals surface area contributed by atoms with Gasteiger partial charge in [-0.2, -0.15) is 0 Å². The average molecular weight is 463 g/mol. The van der Waals surface area contributed by atoms with E-state index in [9.17, 15) is 19.5 Å². The summed E-state index contributed by atoms with van der Waals surface area (Å²) in [5.74, 6) is -1.69. The third-order valence-corrected chi connectivity index (χ3v) is 5.09. The van der Waals surface area contributed by atoms with Gasteiger partial charge in [-0.25, -0.2) is 4.79 Å². The second-order valence-corrected chi connectivity index (χ2v) is 7.55. The molecule has 0 heterocycles. The van der Waals surface area contributed by atoms with Crippen LogP contribution in [-0.2, 0) is 24.7 Å². The first-order valence-corrected chi connectivity index (χ1v) is 10.6. The summed E-state index contributed by atoms with van der Waals surface area (Å²) in [5, 5.41) is 16.4. The number of methoxy groups -OCH3 is 1. The fourth-order valence-electron chi connectivity index (χ4n) is 3.34. The van der Waals surface area contributed by atoms with Crippen LogP contribution in [0.1, 0.15) is 16.7 Å². The summed E-state index contributed by atoms with van der Waals surface area (Å²) >= 11 is 0. The topological polar surface area (TPSA) is 114 Å². The van der Waals surface area contributed by atoms with Gasteiger partial charge in [-0.1, -0.05) is 66.7 Å². The van der Waals surface area contributed by atoms with Gasteiger partial charge in [0.2, 0.25) is 11.5 Å². The van der Waals surface area contributed by atoms with E-state index < -0.39 is 30.0 Å². The average Bonchev–Trinajstić information content (AvgIpc) is 2.86. The molecule has 3 N–H and O–H groups in total. The van der Waals surface area contributed by atoms with Gasteiger partial charge >= 0.3 is 5.97 Å².